The maximum atomic E-state index is 11.7. The fraction of sp³-hybridized carbons (Fsp3) is 0.800. The van der Waals surface area contributed by atoms with Gasteiger partial charge in [0.05, 0.1) is 6.54 Å². The molecule has 1 heterocycles. The van der Waals surface area contributed by atoms with E-state index in [1.807, 2.05) is 20.8 Å². The molecule has 0 aliphatic carbocycles. The number of nitrogens with zero attached hydrogens (tertiary/aromatic N) is 1. The van der Waals surface area contributed by atoms with Crippen molar-refractivity contribution in [2.75, 3.05) is 19.6 Å². The van der Waals surface area contributed by atoms with Crippen molar-refractivity contribution in [1.82, 2.24) is 10.2 Å². The quantitative estimate of drug-likeness (QED) is 0.662. The van der Waals surface area contributed by atoms with Crippen molar-refractivity contribution < 1.29 is 9.59 Å². The van der Waals surface area contributed by atoms with Gasteiger partial charge >= 0.3 is 0 Å². The molecule has 14 heavy (non-hydrogen) atoms. The van der Waals surface area contributed by atoms with E-state index in [0.29, 0.717) is 19.5 Å². The fourth-order valence-corrected chi connectivity index (χ4v) is 1.42. The number of carbonyl (C=O) groups excluding carboxylic acids is 2. The molecule has 0 spiro atoms. The van der Waals surface area contributed by atoms with E-state index < -0.39 is 0 Å². The Kier molecular flexibility index (Phi) is 3.13. The summed E-state index contributed by atoms with van der Waals surface area (Å²) in [6, 6.07) is 0. The lowest BCUT2D eigenvalue weighted by Gasteiger charge is -2.29. The Bertz CT molecular complexity index is 243. The number of amides is 2. The van der Waals surface area contributed by atoms with Crippen molar-refractivity contribution >= 4 is 11.8 Å². The molecule has 1 saturated heterocycles. The zero-order valence-corrected chi connectivity index (χ0v) is 9.09. The van der Waals surface area contributed by atoms with Crippen LogP contribution >= 0.6 is 0 Å². The summed E-state index contributed by atoms with van der Waals surface area (Å²) in [5.41, 5.74) is -0.00892. The predicted molar refractivity (Wildman–Crippen MR) is 53.7 cm³/mol. The molecule has 0 saturated carbocycles. The van der Waals surface area contributed by atoms with Gasteiger partial charge in [0, 0.05) is 19.5 Å². The molecule has 1 aliphatic heterocycles. The van der Waals surface area contributed by atoms with Gasteiger partial charge in [-0.3, -0.25) is 9.59 Å². The molecule has 4 heteroatoms. The highest BCUT2D eigenvalue weighted by Gasteiger charge is 2.24. The smallest absolute Gasteiger partial charge is 0.239 e. The van der Waals surface area contributed by atoms with Crippen LogP contribution in [0.3, 0.4) is 0 Å². The lowest BCUT2D eigenvalue weighted by Crippen LogP contribution is -2.50. The second kappa shape index (κ2) is 3.98. The van der Waals surface area contributed by atoms with Crippen LogP contribution in [0.2, 0.25) is 0 Å². The van der Waals surface area contributed by atoms with Gasteiger partial charge in [0.25, 0.3) is 0 Å². The number of rotatable bonds is 1. The van der Waals surface area contributed by atoms with Crippen LogP contribution in [0.1, 0.15) is 27.2 Å². The Hall–Kier alpha value is -1.06. The van der Waals surface area contributed by atoms with Gasteiger partial charge < -0.3 is 10.2 Å². The number of hydrogen-bond donors (Lipinski definition) is 1. The van der Waals surface area contributed by atoms with Crippen molar-refractivity contribution in [3.05, 3.63) is 0 Å². The molecule has 0 bridgehead atoms. The minimum Gasteiger partial charge on any atom is -0.353 e. The molecular formula is C10H18N2O2. The zero-order valence-electron chi connectivity index (χ0n) is 9.09. The summed E-state index contributed by atoms with van der Waals surface area (Å²) in [7, 11) is 0. The third-order valence-corrected chi connectivity index (χ3v) is 2.07. The maximum absolute atomic E-state index is 11.7. The van der Waals surface area contributed by atoms with Crippen molar-refractivity contribution in [2.24, 2.45) is 5.41 Å². The number of nitrogens with one attached hydrogen (secondary N) is 1. The number of carbonyl (C=O) groups is 2. The standard InChI is InChI=1S/C10H18N2O2/c1-10(2,3)6-9(14)12-5-4-11-8(13)7-12/h4-7H2,1-3H3,(H,11,13). The molecule has 4 nitrogen and oxygen atoms in total. The fourth-order valence-electron chi connectivity index (χ4n) is 1.42. The van der Waals surface area contributed by atoms with Crippen LogP contribution in [0.15, 0.2) is 0 Å². The second-order valence-electron chi connectivity index (χ2n) is 4.90. The first kappa shape index (κ1) is 11.0. The molecule has 1 aliphatic rings. The van der Waals surface area contributed by atoms with E-state index in [2.05, 4.69) is 5.32 Å². The minimum atomic E-state index is -0.0569. The Morgan fingerprint density at radius 3 is 2.64 bits per heavy atom. The number of piperazine rings is 1. The van der Waals surface area contributed by atoms with E-state index in [0.717, 1.165) is 0 Å². The van der Waals surface area contributed by atoms with Crippen LogP contribution in [0, 0.1) is 5.41 Å². The van der Waals surface area contributed by atoms with Crippen molar-refractivity contribution in [3.63, 3.8) is 0 Å². The van der Waals surface area contributed by atoms with Gasteiger partial charge in [-0.15, -0.1) is 0 Å². The normalized spacial score (nSPS) is 17.9. The topological polar surface area (TPSA) is 49.4 Å². The van der Waals surface area contributed by atoms with Crippen LogP contribution in [0.4, 0.5) is 0 Å². The molecule has 1 N–H and O–H groups in total. The zero-order chi connectivity index (χ0) is 10.8. The van der Waals surface area contributed by atoms with E-state index in [1.54, 1.807) is 4.90 Å². The summed E-state index contributed by atoms with van der Waals surface area (Å²) in [6.45, 7) is 7.50. The Balaban J connectivity index is 2.48. The highest BCUT2D eigenvalue weighted by Crippen LogP contribution is 2.19. The maximum Gasteiger partial charge on any atom is 0.239 e. The average molecular weight is 198 g/mol. The molecule has 0 aromatic carbocycles. The summed E-state index contributed by atoms with van der Waals surface area (Å²) in [5.74, 6) is 0.0193. The molecule has 0 aromatic rings. The Morgan fingerprint density at radius 2 is 2.14 bits per heavy atom. The molecule has 0 atom stereocenters. The van der Waals surface area contributed by atoms with E-state index >= 15 is 0 Å². The van der Waals surface area contributed by atoms with Gasteiger partial charge in [0.15, 0.2) is 0 Å². The third-order valence-electron chi connectivity index (χ3n) is 2.07. The Labute approximate surface area is 84.7 Å². The molecule has 1 fully saturated rings. The van der Waals surface area contributed by atoms with Crippen molar-refractivity contribution in [2.45, 2.75) is 27.2 Å². The lowest BCUT2D eigenvalue weighted by atomic mass is 9.91. The molecular weight excluding hydrogens is 180 g/mol. The van der Waals surface area contributed by atoms with Gasteiger partial charge in [-0.25, -0.2) is 0 Å². The summed E-state index contributed by atoms with van der Waals surface area (Å²) in [4.78, 5) is 24.4. The third kappa shape index (κ3) is 3.36. The second-order valence-corrected chi connectivity index (χ2v) is 4.90. The highest BCUT2D eigenvalue weighted by atomic mass is 16.2. The SMILES string of the molecule is CC(C)(C)CC(=O)N1CCNC(=O)C1. The van der Waals surface area contributed by atoms with Crippen molar-refractivity contribution in [3.8, 4) is 0 Å². The average Bonchev–Trinajstić information content (AvgIpc) is 2.01. The molecule has 80 valence electrons. The van der Waals surface area contributed by atoms with Gasteiger partial charge in [-0.05, 0) is 5.41 Å². The van der Waals surface area contributed by atoms with Crippen molar-refractivity contribution in [1.29, 1.82) is 0 Å². The van der Waals surface area contributed by atoms with Gasteiger partial charge in [-0.1, -0.05) is 20.8 Å². The van der Waals surface area contributed by atoms with Crippen LogP contribution in [-0.4, -0.2) is 36.3 Å². The minimum absolute atomic E-state index is 0.00892. The molecule has 2 amide bonds. The summed E-state index contributed by atoms with van der Waals surface area (Å²) in [5, 5.41) is 2.70. The highest BCUT2D eigenvalue weighted by molar-refractivity contribution is 5.86. The predicted octanol–water partition coefficient (Wildman–Crippen LogP) is 0.381. The van der Waals surface area contributed by atoms with Gasteiger partial charge in [0.2, 0.25) is 11.8 Å². The Morgan fingerprint density at radius 1 is 1.50 bits per heavy atom. The molecule has 0 radical (unpaired) electrons. The van der Waals surface area contributed by atoms with Crippen LogP contribution in [0.5, 0.6) is 0 Å². The van der Waals surface area contributed by atoms with Crippen LogP contribution in [0.25, 0.3) is 0 Å². The van der Waals surface area contributed by atoms with Gasteiger partial charge in [-0.2, -0.15) is 0 Å². The van der Waals surface area contributed by atoms with Gasteiger partial charge in [0.1, 0.15) is 0 Å². The first-order valence-electron chi connectivity index (χ1n) is 4.93. The lowest BCUT2D eigenvalue weighted by molar-refractivity contribution is -0.139. The van der Waals surface area contributed by atoms with E-state index in [9.17, 15) is 9.59 Å². The number of hydrogen-bond acceptors (Lipinski definition) is 2. The van der Waals surface area contributed by atoms with Crippen LogP contribution in [-0.2, 0) is 9.59 Å². The first-order chi connectivity index (χ1) is 6.38. The summed E-state index contributed by atoms with van der Waals surface area (Å²) >= 11 is 0. The molecule has 0 unspecified atom stereocenters. The van der Waals surface area contributed by atoms with Crippen LogP contribution < -0.4 is 5.32 Å². The monoisotopic (exact) mass is 198 g/mol. The van der Waals surface area contributed by atoms with E-state index in [-0.39, 0.29) is 23.8 Å². The molecule has 0 aromatic heterocycles. The summed E-state index contributed by atoms with van der Waals surface area (Å²) < 4.78 is 0. The van der Waals surface area contributed by atoms with E-state index in [4.69, 9.17) is 0 Å². The van der Waals surface area contributed by atoms with E-state index in [1.165, 1.54) is 0 Å². The molecule has 1 rings (SSSR count). The summed E-state index contributed by atoms with van der Waals surface area (Å²) in [6.07, 6.45) is 0.500. The largest absolute Gasteiger partial charge is 0.353 e. The first-order valence-corrected chi connectivity index (χ1v) is 4.93.